The number of hydrogen-bond acceptors (Lipinski definition) is 5. The summed E-state index contributed by atoms with van der Waals surface area (Å²) < 4.78 is 5.36. The number of aromatic carboxylic acids is 1. The zero-order valence-corrected chi connectivity index (χ0v) is 9.99. The molecule has 2 aromatic rings. The molecule has 1 aromatic carbocycles. The molecular weight excluding hydrogens is 246 g/mol. The van der Waals surface area contributed by atoms with Crippen molar-refractivity contribution in [1.82, 2.24) is 9.97 Å². The molecule has 0 bridgehead atoms. The molecule has 6 heteroatoms. The van der Waals surface area contributed by atoms with Gasteiger partial charge in [0.2, 0.25) is 0 Å². The van der Waals surface area contributed by atoms with E-state index in [4.69, 9.17) is 15.1 Å². The van der Waals surface area contributed by atoms with Crippen LogP contribution in [-0.4, -0.2) is 21.0 Å². The van der Waals surface area contributed by atoms with Crippen molar-refractivity contribution >= 4 is 5.97 Å². The molecule has 0 atom stereocenters. The van der Waals surface area contributed by atoms with Crippen LogP contribution < -0.4 is 4.74 Å². The first kappa shape index (κ1) is 12.5. The number of hydrogen-bond donors (Lipinski definition) is 1. The molecule has 1 aromatic heterocycles. The molecule has 0 aliphatic rings. The SMILES string of the molecule is Cc1cc(C#N)nc(Oc2cccc(C(=O)O)c2)n1. The van der Waals surface area contributed by atoms with Crippen LogP contribution >= 0.6 is 0 Å². The Kier molecular flexibility index (Phi) is 3.39. The van der Waals surface area contributed by atoms with Crippen LogP contribution in [0.3, 0.4) is 0 Å². The third-order valence-corrected chi connectivity index (χ3v) is 2.24. The fourth-order valence-electron chi connectivity index (χ4n) is 1.44. The van der Waals surface area contributed by atoms with Gasteiger partial charge in [0.05, 0.1) is 5.56 Å². The number of carbonyl (C=O) groups is 1. The third-order valence-electron chi connectivity index (χ3n) is 2.24. The van der Waals surface area contributed by atoms with E-state index < -0.39 is 5.97 Å². The molecule has 0 spiro atoms. The van der Waals surface area contributed by atoms with Crippen molar-refractivity contribution in [2.75, 3.05) is 0 Å². The van der Waals surface area contributed by atoms with Crippen LogP contribution in [0.2, 0.25) is 0 Å². The Morgan fingerprint density at radius 1 is 1.37 bits per heavy atom. The van der Waals surface area contributed by atoms with Crippen LogP contribution in [0.25, 0.3) is 0 Å². The van der Waals surface area contributed by atoms with Crippen molar-refractivity contribution in [3.8, 4) is 17.8 Å². The van der Waals surface area contributed by atoms with Gasteiger partial charge < -0.3 is 9.84 Å². The van der Waals surface area contributed by atoms with E-state index in [2.05, 4.69) is 9.97 Å². The Bertz CT molecular complexity index is 677. The molecule has 2 rings (SSSR count). The van der Waals surface area contributed by atoms with Crippen LogP contribution in [-0.2, 0) is 0 Å². The lowest BCUT2D eigenvalue weighted by atomic mass is 10.2. The summed E-state index contributed by atoms with van der Waals surface area (Å²) in [6.07, 6.45) is 0. The number of aromatic nitrogens is 2. The highest BCUT2D eigenvalue weighted by atomic mass is 16.5. The van der Waals surface area contributed by atoms with Gasteiger partial charge >= 0.3 is 12.0 Å². The Balaban J connectivity index is 2.31. The minimum Gasteiger partial charge on any atom is -0.478 e. The predicted molar refractivity (Wildman–Crippen MR) is 65.0 cm³/mol. The highest BCUT2D eigenvalue weighted by molar-refractivity contribution is 5.88. The molecule has 19 heavy (non-hydrogen) atoms. The minimum absolute atomic E-state index is 0.0130. The monoisotopic (exact) mass is 255 g/mol. The number of carboxylic acids is 1. The van der Waals surface area contributed by atoms with Crippen molar-refractivity contribution in [2.45, 2.75) is 6.92 Å². The Hall–Kier alpha value is -2.94. The number of nitriles is 1. The zero-order chi connectivity index (χ0) is 13.8. The number of benzene rings is 1. The van der Waals surface area contributed by atoms with E-state index in [0.717, 1.165) is 0 Å². The van der Waals surface area contributed by atoms with Gasteiger partial charge in [-0.25, -0.2) is 9.78 Å². The smallest absolute Gasteiger partial charge is 0.335 e. The van der Waals surface area contributed by atoms with Gasteiger partial charge in [-0.05, 0) is 31.2 Å². The summed E-state index contributed by atoms with van der Waals surface area (Å²) in [6, 6.07) is 9.40. The second-order valence-electron chi connectivity index (χ2n) is 3.72. The number of aryl methyl sites for hydroxylation is 1. The van der Waals surface area contributed by atoms with Crippen LogP contribution in [0, 0.1) is 18.3 Å². The first-order valence-electron chi connectivity index (χ1n) is 5.35. The molecule has 0 unspecified atom stereocenters. The van der Waals surface area contributed by atoms with E-state index in [1.165, 1.54) is 18.2 Å². The van der Waals surface area contributed by atoms with Gasteiger partial charge in [-0.15, -0.1) is 0 Å². The highest BCUT2D eigenvalue weighted by Gasteiger charge is 2.07. The van der Waals surface area contributed by atoms with Crippen LogP contribution in [0.1, 0.15) is 21.7 Å². The summed E-state index contributed by atoms with van der Waals surface area (Å²) in [5.74, 6) is -0.747. The van der Waals surface area contributed by atoms with Crippen molar-refractivity contribution in [1.29, 1.82) is 5.26 Å². The average Bonchev–Trinajstić information content (AvgIpc) is 2.38. The molecule has 0 fully saturated rings. The predicted octanol–water partition coefficient (Wildman–Crippen LogP) is 2.15. The number of nitrogens with zero attached hydrogens (tertiary/aromatic N) is 3. The summed E-state index contributed by atoms with van der Waals surface area (Å²) in [5, 5.41) is 17.7. The molecule has 0 saturated carbocycles. The van der Waals surface area contributed by atoms with Gasteiger partial charge in [0, 0.05) is 5.69 Å². The largest absolute Gasteiger partial charge is 0.478 e. The summed E-state index contributed by atoms with van der Waals surface area (Å²) >= 11 is 0. The molecule has 0 radical (unpaired) electrons. The van der Waals surface area contributed by atoms with E-state index in [9.17, 15) is 4.79 Å². The average molecular weight is 255 g/mol. The summed E-state index contributed by atoms with van der Waals surface area (Å²) in [6.45, 7) is 1.71. The van der Waals surface area contributed by atoms with Crippen LogP contribution in [0.4, 0.5) is 0 Å². The fraction of sp³-hybridized carbons (Fsp3) is 0.0769. The van der Waals surface area contributed by atoms with Crippen molar-refractivity contribution in [3.63, 3.8) is 0 Å². The van der Waals surface area contributed by atoms with E-state index in [0.29, 0.717) is 11.4 Å². The molecule has 1 N–H and O–H groups in total. The second-order valence-corrected chi connectivity index (χ2v) is 3.72. The minimum atomic E-state index is -1.05. The van der Waals surface area contributed by atoms with Crippen molar-refractivity contribution in [2.24, 2.45) is 0 Å². The summed E-state index contributed by atoms with van der Waals surface area (Å²) in [4.78, 5) is 18.7. The quantitative estimate of drug-likeness (QED) is 0.902. The Labute approximate surface area is 108 Å². The maximum Gasteiger partial charge on any atom is 0.335 e. The fourth-order valence-corrected chi connectivity index (χ4v) is 1.44. The maximum absolute atomic E-state index is 10.8. The molecule has 1 heterocycles. The summed E-state index contributed by atoms with van der Waals surface area (Å²) in [7, 11) is 0. The van der Waals surface area contributed by atoms with Gasteiger partial charge in [0.1, 0.15) is 17.5 Å². The van der Waals surface area contributed by atoms with Crippen molar-refractivity contribution < 1.29 is 14.6 Å². The highest BCUT2D eigenvalue weighted by Crippen LogP contribution is 2.19. The lowest BCUT2D eigenvalue weighted by Crippen LogP contribution is -1.99. The molecule has 6 nitrogen and oxygen atoms in total. The maximum atomic E-state index is 10.8. The van der Waals surface area contributed by atoms with Gasteiger partial charge in [-0.2, -0.15) is 10.2 Å². The lowest BCUT2D eigenvalue weighted by Gasteiger charge is -2.05. The summed E-state index contributed by atoms with van der Waals surface area (Å²) in [5.41, 5.74) is 0.887. The normalized spacial score (nSPS) is 9.68. The van der Waals surface area contributed by atoms with E-state index in [1.807, 2.05) is 6.07 Å². The van der Waals surface area contributed by atoms with Gasteiger partial charge in [0.25, 0.3) is 0 Å². The van der Waals surface area contributed by atoms with Gasteiger partial charge in [-0.3, -0.25) is 0 Å². The number of carboxylic acid groups (broad SMARTS) is 1. The van der Waals surface area contributed by atoms with E-state index in [-0.39, 0.29) is 17.3 Å². The number of ether oxygens (including phenoxy) is 1. The van der Waals surface area contributed by atoms with Crippen molar-refractivity contribution in [3.05, 3.63) is 47.3 Å². The van der Waals surface area contributed by atoms with Gasteiger partial charge in [0.15, 0.2) is 0 Å². The molecule has 0 aliphatic carbocycles. The molecule has 94 valence electrons. The molecule has 0 amide bonds. The molecular formula is C13H9N3O3. The number of rotatable bonds is 3. The molecule has 0 saturated heterocycles. The van der Waals surface area contributed by atoms with Gasteiger partial charge in [-0.1, -0.05) is 6.07 Å². The Morgan fingerprint density at radius 2 is 2.16 bits per heavy atom. The standard InChI is InChI=1S/C13H9N3O3/c1-8-5-10(7-14)16-13(15-8)19-11-4-2-3-9(6-11)12(17)18/h2-6H,1H3,(H,17,18). The van der Waals surface area contributed by atoms with E-state index in [1.54, 1.807) is 19.1 Å². The first-order chi connectivity index (χ1) is 9.08. The third kappa shape index (κ3) is 3.04. The van der Waals surface area contributed by atoms with E-state index >= 15 is 0 Å². The second kappa shape index (κ2) is 5.14. The van der Waals surface area contributed by atoms with Crippen LogP contribution in [0.15, 0.2) is 30.3 Å². The first-order valence-corrected chi connectivity index (χ1v) is 5.35. The zero-order valence-electron chi connectivity index (χ0n) is 9.99. The lowest BCUT2D eigenvalue weighted by molar-refractivity contribution is 0.0696. The Morgan fingerprint density at radius 3 is 2.84 bits per heavy atom. The van der Waals surface area contributed by atoms with Crippen LogP contribution in [0.5, 0.6) is 11.8 Å². The molecule has 0 aliphatic heterocycles. The topological polar surface area (TPSA) is 96.1 Å².